The van der Waals surface area contributed by atoms with Crippen LogP contribution in [0.4, 0.5) is 5.13 Å². The Morgan fingerprint density at radius 1 is 1.47 bits per heavy atom. The first kappa shape index (κ1) is 9.67. The number of nitrogens with zero attached hydrogens (tertiary/aromatic N) is 2. The number of rotatable bonds is 3. The van der Waals surface area contributed by atoms with Crippen LogP contribution in [0.3, 0.4) is 0 Å². The molecule has 2 aromatic rings. The Morgan fingerprint density at radius 3 is 3.13 bits per heavy atom. The lowest BCUT2D eigenvalue weighted by atomic mass is 10.2. The molecule has 0 fully saturated rings. The zero-order valence-corrected chi connectivity index (χ0v) is 8.61. The number of benzene rings is 1. The fourth-order valence-corrected chi connectivity index (χ4v) is 1.52. The Morgan fingerprint density at radius 2 is 2.40 bits per heavy atom. The van der Waals surface area contributed by atoms with E-state index in [0.29, 0.717) is 0 Å². The molecule has 0 saturated heterocycles. The predicted octanol–water partition coefficient (Wildman–Crippen LogP) is 2.29. The Balaban J connectivity index is 2.00. The molecular formula is C10H9N3OS. The predicted molar refractivity (Wildman–Crippen MR) is 61.4 cm³/mol. The minimum atomic E-state index is 0.230. The van der Waals surface area contributed by atoms with Crippen molar-refractivity contribution < 1.29 is 5.11 Å². The molecule has 0 bridgehead atoms. The summed E-state index contributed by atoms with van der Waals surface area (Å²) in [7, 11) is 0. The second-order valence-corrected chi connectivity index (χ2v) is 3.70. The van der Waals surface area contributed by atoms with Crippen LogP contribution in [-0.2, 0) is 0 Å². The summed E-state index contributed by atoms with van der Waals surface area (Å²) in [5.74, 6) is 0.230. The van der Waals surface area contributed by atoms with Gasteiger partial charge in [0.2, 0.25) is 5.13 Å². The van der Waals surface area contributed by atoms with Crippen molar-refractivity contribution in [2.24, 2.45) is 5.10 Å². The van der Waals surface area contributed by atoms with E-state index in [2.05, 4.69) is 15.5 Å². The zero-order valence-electron chi connectivity index (χ0n) is 7.79. The molecule has 0 spiro atoms. The Bertz CT molecular complexity index is 453. The van der Waals surface area contributed by atoms with Gasteiger partial charge >= 0.3 is 0 Å². The number of aromatic nitrogens is 1. The molecule has 4 nitrogen and oxygen atoms in total. The highest BCUT2D eigenvalue weighted by Gasteiger charge is 1.91. The number of aromatic hydroxyl groups is 1. The molecule has 2 N–H and O–H groups in total. The first-order chi connectivity index (χ1) is 7.34. The van der Waals surface area contributed by atoms with Crippen LogP contribution in [0.1, 0.15) is 5.56 Å². The van der Waals surface area contributed by atoms with Crippen LogP contribution >= 0.6 is 11.3 Å². The second kappa shape index (κ2) is 4.56. The van der Waals surface area contributed by atoms with Gasteiger partial charge in [0, 0.05) is 11.6 Å². The molecule has 1 aromatic carbocycles. The molecule has 0 atom stereocenters. The highest BCUT2D eigenvalue weighted by molar-refractivity contribution is 7.13. The quantitative estimate of drug-likeness (QED) is 0.615. The largest absolute Gasteiger partial charge is 0.508 e. The van der Waals surface area contributed by atoms with E-state index in [9.17, 15) is 5.11 Å². The maximum atomic E-state index is 9.20. The summed E-state index contributed by atoms with van der Waals surface area (Å²) in [6, 6.07) is 6.87. The van der Waals surface area contributed by atoms with E-state index < -0.39 is 0 Å². The molecule has 0 unspecified atom stereocenters. The lowest BCUT2D eigenvalue weighted by Gasteiger charge is -1.95. The summed E-state index contributed by atoms with van der Waals surface area (Å²) in [4.78, 5) is 4.01. The van der Waals surface area contributed by atoms with E-state index in [-0.39, 0.29) is 5.75 Å². The van der Waals surface area contributed by atoms with Gasteiger partial charge in [0.15, 0.2) is 0 Å². The molecule has 1 aromatic heterocycles. The van der Waals surface area contributed by atoms with Gasteiger partial charge in [-0.05, 0) is 17.7 Å². The molecule has 1 heterocycles. The van der Waals surface area contributed by atoms with Crippen molar-refractivity contribution in [3.63, 3.8) is 0 Å². The lowest BCUT2D eigenvalue weighted by molar-refractivity contribution is 0.475. The standard InChI is InChI=1S/C10H9N3OS/c14-9-3-1-2-8(6-9)7-12-13-10-11-4-5-15-10/h1-7,14H,(H,11,13)/b12-7+. The number of hydrogen-bond acceptors (Lipinski definition) is 5. The molecule has 0 saturated carbocycles. The molecule has 76 valence electrons. The lowest BCUT2D eigenvalue weighted by Crippen LogP contribution is -1.89. The Labute approximate surface area is 90.9 Å². The average Bonchev–Trinajstić information content (AvgIpc) is 2.71. The van der Waals surface area contributed by atoms with Crippen molar-refractivity contribution in [3.05, 3.63) is 41.4 Å². The SMILES string of the molecule is Oc1cccc(/C=N/Nc2nccs2)c1. The van der Waals surface area contributed by atoms with Crippen LogP contribution in [0.15, 0.2) is 40.9 Å². The molecular weight excluding hydrogens is 210 g/mol. The summed E-state index contributed by atoms with van der Waals surface area (Å²) < 4.78 is 0. The van der Waals surface area contributed by atoms with Gasteiger partial charge in [-0.15, -0.1) is 11.3 Å². The summed E-state index contributed by atoms with van der Waals surface area (Å²) >= 11 is 1.48. The molecule has 0 aliphatic heterocycles. The van der Waals surface area contributed by atoms with E-state index in [1.165, 1.54) is 11.3 Å². The second-order valence-electron chi connectivity index (χ2n) is 2.80. The third kappa shape index (κ3) is 2.78. The number of hydrogen-bond donors (Lipinski definition) is 2. The molecule has 0 aliphatic rings. The minimum absolute atomic E-state index is 0.230. The van der Waals surface area contributed by atoms with Crippen molar-refractivity contribution in [1.82, 2.24) is 4.98 Å². The number of phenols is 1. The third-order valence-electron chi connectivity index (χ3n) is 1.68. The molecule has 0 amide bonds. The van der Waals surface area contributed by atoms with Gasteiger partial charge in [-0.2, -0.15) is 5.10 Å². The van der Waals surface area contributed by atoms with Crippen molar-refractivity contribution >= 4 is 22.7 Å². The highest BCUT2D eigenvalue weighted by Crippen LogP contribution is 2.11. The zero-order chi connectivity index (χ0) is 10.5. The first-order valence-electron chi connectivity index (χ1n) is 4.32. The summed E-state index contributed by atoms with van der Waals surface area (Å²) in [6.07, 6.45) is 3.33. The smallest absolute Gasteiger partial charge is 0.203 e. The van der Waals surface area contributed by atoms with Crippen molar-refractivity contribution in [2.45, 2.75) is 0 Å². The van der Waals surface area contributed by atoms with Crippen LogP contribution in [0.25, 0.3) is 0 Å². The van der Waals surface area contributed by atoms with E-state index >= 15 is 0 Å². The molecule has 0 radical (unpaired) electrons. The van der Waals surface area contributed by atoms with E-state index in [0.717, 1.165) is 10.7 Å². The van der Waals surface area contributed by atoms with E-state index in [1.54, 1.807) is 30.6 Å². The minimum Gasteiger partial charge on any atom is -0.508 e. The van der Waals surface area contributed by atoms with Gasteiger partial charge in [-0.1, -0.05) is 12.1 Å². The van der Waals surface area contributed by atoms with Crippen LogP contribution in [0, 0.1) is 0 Å². The van der Waals surface area contributed by atoms with Crippen LogP contribution in [0.5, 0.6) is 5.75 Å². The Kier molecular flexibility index (Phi) is 2.94. The van der Waals surface area contributed by atoms with Gasteiger partial charge in [-0.25, -0.2) is 4.98 Å². The molecule has 0 aliphatic carbocycles. The van der Waals surface area contributed by atoms with Gasteiger partial charge < -0.3 is 5.11 Å². The fraction of sp³-hybridized carbons (Fsp3) is 0. The van der Waals surface area contributed by atoms with Crippen LogP contribution in [0.2, 0.25) is 0 Å². The average molecular weight is 219 g/mol. The maximum Gasteiger partial charge on any atom is 0.203 e. The highest BCUT2D eigenvalue weighted by atomic mass is 32.1. The molecule has 5 heteroatoms. The monoisotopic (exact) mass is 219 g/mol. The normalized spacial score (nSPS) is 10.7. The number of hydrazone groups is 1. The Hall–Kier alpha value is -1.88. The number of nitrogens with one attached hydrogen (secondary N) is 1. The van der Waals surface area contributed by atoms with E-state index in [4.69, 9.17) is 0 Å². The topological polar surface area (TPSA) is 57.5 Å². The number of anilines is 1. The van der Waals surface area contributed by atoms with Crippen molar-refractivity contribution in [3.8, 4) is 5.75 Å². The number of phenolic OH excluding ortho intramolecular Hbond substituents is 1. The summed E-state index contributed by atoms with van der Waals surface area (Å²) in [5, 5.41) is 15.8. The number of thiazole rings is 1. The van der Waals surface area contributed by atoms with Crippen LogP contribution in [-0.4, -0.2) is 16.3 Å². The van der Waals surface area contributed by atoms with Gasteiger partial charge in [0.1, 0.15) is 5.75 Å². The van der Waals surface area contributed by atoms with Crippen molar-refractivity contribution in [1.29, 1.82) is 0 Å². The molecule has 2 rings (SSSR count). The van der Waals surface area contributed by atoms with Gasteiger partial charge in [0.25, 0.3) is 0 Å². The summed E-state index contributed by atoms with van der Waals surface area (Å²) in [5.41, 5.74) is 3.62. The van der Waals surface area contributed by atoms with Crippen LogP contribution < -0.4 is 5.43 Å². The van der Waals surface area contributed by atoms with Gasteiger partial charge in [0.05, 0.1) is 6.21 Å². The van der Waals surface area contributed by atoms with Crippen molar-refractivity contribution in [2.75, 3.05) is 5.43 Å². The van der Waals surface area contributed by atoms with E-state index in [1.807, 2.05) is 11.4 Å². The maximum absolute atomic E-state index is 9.20. The summed E-state index contributed by atoms with van der Waals surface area (Å²) in [6.45, 7) is 0. The van der Waals surface area contributed by atoms with Gasteiger partial charge in [-0.3, -0.25) is 5.43 Å². The molecule has 15 heavy (non-hydrogen) atoms. The fourth-order valence-electron chi connectivity index (χ4n) is 1.05. The first-order valence-corrected chi connectivity index (χ1v) is 5.20. The third-order valence-corrected chi connectivity index (χ3v) is 2.35.